The Kier molecular flexibility index (Phi) is 10.1. The summed E-state index contributed by atoms with van der Waals surface area (Å²) in [5.41, 5.74) is 2.81. The van der Waals surface area contributed by atoms with Gasteiger partial charge in [0.15, 0.2) is 0 Å². The van der Waals surface area contributed by atoms with E-state index < -0.39 is 11.9 Å². The third-order valence-electron chi connectivity index (χ3n) is 5.01. The fraction of sp³-hybridized carbons (Fsp3) is 0.636. The number of hydrogen-bond acceptors (Lipinski definition) is 5. The number of piperazine rings is 1. The highest BCUT2D eigenvalue weighted by atomic mass is 16.5. The van der Waals surface area contributed by atoms with E-state index in [4.69, 9.17) is 24.5 Å². The summed E-state index contributed by atoms with van der Waals surface area (Å²) in [5, 5.41) is 14.8. The zero-order valence-corrected chi connectivity index (χ0v) is 18.4. The predicted molar refractivity (Wildman–Crippen MR) is 114 cm³/mol. The van der Waals surface area contributed by atoms with Crippen molar-refractivity contribution >= 4 is 11.9 Å². The summed E-state index contributed by atoms with van der Waals surface area (Å²) in [6, 6.07) is 6.60. The van der Waals surface area contributed by atoms with Gasteiger partial charge in [-0.25, -0.2) is 9.59 Å². The summed E-state index contributed by atoms with van der Waals surface area (Å²) in [7, 11) is 0. The average Bonchev–Trinajstić information content (AvgIpc) is 2.66. The number of carboxylic acid groups (broad SMARTS) is 2. The molecule has 1 aliphatic rings. The zero-order chi connectivity index (χ0) is 22.0. The van der Waals surface area contributed by atoms with Gasteiger partial charge in [0.2, 0.25) is 0 Å². The van der Waals surface area contributed by atoms with Gasteiger partial charge in [-0.15, -0.1) is 0 Å². The Morgan fingerprint density at radius 1 is 1.03 bits per heavy atom. The van der Waals surface area contributed by atoms with Crippen LogP contribution >= 0.6 is 0 Å². The number of ether oxygens (including phenoxy) is 1. The number of carboxylic acids is 2. The SMILES string of the molecule is CCN1CCN(CCCOc2ccc(C(C)(C)C)cc2C)CC1.O=C(O)C(=O)O. The summed E-state index contributed by atoms with van der Waals surface area (Å²) >= 11 is 0. The van der Waals surface area contributed by atoms with E-state index in [0.717, 1.165) is 25.3 Å². The molecule has 0 radical (unpaired) electrons. The van der Waals surface area contributed by atoms with Crippen LogP contribution < -0.4 is 4.74 Å². The summed E-state index contributed by atoms with van der Waals surface area (Å²) in [6.07, 6.45) is 1.10. The van der Waals surface area contributed by atoms with E-state index in [2.05, 4.69) is 62.6 Å². The van der Waals surface area contributed by atoms with Crippen molar-refractivity contribution in [3.8, 4) is 5.75 Å². The van der Waals surface area contributed by atoms with Gasteiger partial charge in [0.1, 0.15) is 5.75 Å². The number of nitrogens with zero attached hydrogens (tertiary/aromatic N) is 2. The molecule has 164 valence electrons. The molecule has 7 heteroatoms. The molecule has 2 rings (SSSR count). The minimum atomic E-state index is -1.82. The molecule has 1 fully saturated rings. The molecular formula is C22H36N2O5. The Balaban J connectivity index is 0.000000612. The summed E-state index contributed by atoms with van der Waals surface area (Å²) in [5.74, 6) is -2.61. The van der Waals surface area contributed by atoms with Crippen molar-refractivity contribution in [3.05, 3.63) is 29.3 Å². The van der Waals surface area contributed by atoms with Gasteiger partial charge in [-0.3, -0.25) is 0 Å². The molecule has 0 bridgehead atoms. The number of aliphatic carboxylic acids is 2. The van der Waals surface area contributed by atoms with Crippen molar-refractivity contribution < 1.29 is 24.5 Å². The number of benzene rings is 1. The van der Waals surface area contributed by atoms with Crippen molar-refractivity contribution in [2.45, 2.75) is 46.5 Å². The van der Waals surface area contributed by atoms with Crippen molar-refractivity contribution in [2.75, 3.05) is 45.9 Å². The van der Waals surface area contributed by atoms with Crippen LogP contribution in [-0.4, -0.2) is 77.8 Å². The molecule has 29 heavy (non-hydrogen) atoms. The van der Waals surface area contributed by atoms with Crippen LogP contribution in [0.1, 0.15) is 45.2 Å². The second kappa shape index (κ2) is 11.8. The van der Waals surface area contributed by atoms with Crippen LogP contribution in [0.25, 0.3) is 0 Å². The fourth-order valence-corrected chi connectivity index (χ4v) is 3.08. The maximum Gasteiger partial charge on any atom is 0.414 e. The third-order valence-corrected chi connectivity index (χ3v) is 5.01. The fourth-order valence-electron chi connectivity index (χ4n) is 3.08. The topological polar surface area (TPSA) is 90.3 Å². The van der Waals surface area contributed by atoms with Crippen LogP contribution in [0.15, 0.2) is 18.2 Å². The highest BCUT2D eigenvalue weighted by Crippen LogP contribution is 2.27. The summed E-state index contributed by atoms with van der Waals surface area (Å²) < 4.78 is 6.00. The van der Waals surface area contributed by atoms with Gasteiger partial charge in [-0.2, -0.15) is 0 Å². The van der Waals surface area contributed by atoms with Crippen molar-refractivity contribution in [3.63, 3.8) is 0 Å². The molecule has 2 N–H and O–H groups in total. The second-order valence-corrected chi connectivity index (χ2v) is 8.32. The molecule has 0 unspecified atom stereocenters. The maximum atomic E-state index is 9.10. The highest BCUT2D eigenvalue weighted by molar-refractivity contribution is 6.27. The van der Waals surface area contributed by atoms with Gasteiger partial charge in [-0.05, 0) is 42.5 Å². The smallest absolute Gasteiger partial charge is 0.414 e. The third kappa shape index (κ3) is 9.28. The maximum absolute atomic E-state index is 9.10. The van der Waals surface area contributed by atoms with Gasteiger partial charge >= 0.3 is 11.9 Å². The molecule has 7 nitrogen and oxygen atoms in total. The lowest BCUT2D eigenvalue weighted by Gasteiger charge is -2.33. The highest BCUT2D eigenvalue weighted by Gasteiger charge is 2.16. The molecule has 0 spiro atoms. The van der Waals surface area contributed by atoms with Gasteiger partial charge in [0.05, 0.1) is 6.61 Å². The molecule has 1 aliphatic heterocycles. The van der Waals surface area contributed by atoms with Crippen LogP contribution in [0.5, 0.6) is 5.75 Å². The second-order valence-electron chi connectivity index (χ2n) is 8.32. The van der Waals surface area contributed by atoms with E-state index in [0.29, 0.717) is 0 Å². The lowest BCUT2D eigenvalue weighted by atomic mass is 9.86. The van der Waals surface area contributed by atoms with Crippen LogP contribution in [0, 0.1) is 6.92 Å². The first-order valence-electron chi connectivity index (χ1n) is 10.2. The van der Waals surface area contributed by atoms with E-state index in [1.807, 2.05) is 0 Å². The Labute approximate surface area is 174 Å². The quantitative estimate of drug-likeness (QED) is 0.552. The summed E-state index contributed by atoms with van der Waals surface area (Å²) in [4.78, 5) is 23.3. The molecule has 0 aliphatic carbocycles. The standard InChI is InChI=1S/C20H34N2O.C2H2O4/c1-6-21-11-13-22(14-12-21)10-7-15-23-19-9-8-18(16-17(19)2)20(3,4)5;3-1(4)2(5)6/h8-9,16H,6-7,10-15H2,1-5H3;(H,3,4)(H,5,6). The Morgan fingerprint density at radius 3 is 2.03 bits per heavy atom. The minimum Gasteiger partial charge on any atom is -0.493 e. The Hall–Kier alpha value is -2.12. The lowest BCUT2D eigenvalue weighted by molar-refractivity contribution is -0.159. The van der Waals surface area contributed by atoms with Gasteiger partial charge in [0, 0.05) is 32.7 Å². The van der Waals surface area contributed by atoms with Crippen LogP contribution in [0.4, 0.5) is 0 Å². The minimum absolute atomic E-state index is 0.198. The van der Waals surface area contributed by atoms with Gasteiger partial charge in [0.25, 0.3) is 0 Å². The van der Waals surface area contributed by atoms with E-state index in [1.54, 1.807) is 0 Å². The molecule has 0 atom stereocenters. The largest absolute Gasteiger partial charge is 0.493 e. The number of carbonyl (C=O) groups is 2. The van der Waals surface area contributed by atoms with Crippen molar-refractivity contribution in [1.29, 1.82) is 0 Å². The Morgan fingerprint density at radius 2 is 1.59 bits per heavy atom. The molecule has 1 heterocycles. The Bertz CT molecular complexity index is 650. The number of hydrogen-bond donors (Lipinski definition) is 2. The van der Waals surface area contributed by atoms with Crippen molar-refractivity contribution in [1.82, 2.24) is 9.80 Å². The van der Waals surface area contributed by atoms with Crippen LogP contribution in [0.3, 0.4) is 0 Å². The number of aryl methyl sites for hydroxylation is 1. The zero-order valence-electron chi connectivity index (χ0n) is 18.4. The van der Waals surface area contributed by atoms with Crippen molar-refractivity contribution in [2.24, 2.45) is 0 Å². The molecule has 1 saturated heterocycles. The molecule has 1 aromatic carbocycles. The molecule has 0 amide bonds. The number of likely N-dealkylation sites (N-methyl/N-ethyl adjacent to an activating group) is 1. The van der Waals surface area contributed by atoms with E-state index >= 15 is 0 Å². The first-order valence-corrected chi connectivity index (χ1v) is 10.2. The molecular weight excluding hydrogens is 372 g/mol. The van der Waals surface area contributed by atoms with Gasteiger partial charge < -0.3 is 24.7 Å². The molecule has 0 saturated carbocycles. The van der Waals surface area contributed by atoms with E-state index in [9.17, 15) is 0 Å². The number of rotatable bonds is 6. The first kappa shape index (κ1) is 24.9. The summed E-state index contributed by atoms with van der Waals surface area (Å²) in [6.45, 7) is 19.1. The first-order chi connectivity index (χ1) is 13.5. The van der Waals surface area contributed by atoms with Crippen LogP contribution in [-0.2, 0) is 15.0 Å². The van der Waals surface area contributed by atoms with Crippen LogP contribution in [0.2, 0.25) is 0 Å². The normalized spacial score (nSPS) is 15.3. The molecule has 0 aromatic heterocycles. The van der Waals surface area contributed by atoms with E-state index in [-0.39, 0.29) is 5.41 Å². The monoisotopic (exact) mass is 408 g/mol. The van der Waals surface area contributed by atoms with E-state index in [1.165, 1.54) is 43.9 Å². The lowest BCUT2D eigenvalue weighted by Crippen LogP contribution is -2.46. The molecule has 1 aromatic rings. The average molecular weight is 409 g/mol. The van der Waals surface area contributed by atoms with Gasteiger partial charge in [-0.1, -0.05) is 39.8 Å². The predicted octanol–water partition coefficient (Wildman–Crippen LogP) is 2.85.